The van der Waals surface area contributed by atoms with Crippen LogP contribution in [0, 0.1) is 11.8 Å². The molecule has 0 aliphatic carbocycles. The summed E-state index contributed by atoms with van der Waals surface area (Å²) in [6.45, 7) is 0. The summed E-state index contributed by atoms with van der Waals surface area (Å²) in [5.74, 6) is 6.55. The Morgan fingerprint density at radius 2 is 1.44 bits per heavy atom. The molecule has 4 rings (SSSR count). The number of aromatic nitrogens is 1. The van der Waals surface area contributed by atoms with Gasteiger partial charge in [0.2, 0.25) is 0 Å². The molecule has 0 spiro atoms. The summed E-state index contributed by atoms with van der Waals surface area (Å²) in [5, 5.41) is 1.78. The van der Waals surface area contributed by atoms with Crippen LogP contribution in [0.1, 0.15) is 11.1 Å². The molecule has 2 heteroatoms. The standard InChI is InChI=1S/C23H14ClN/c24-20-14-12-18(13-15-20)23-16-19(11-10-17-6-2-1-3-7-17)21-8-4-5-9-22(21)25-23/h1-9,12-16H. The maximum atomic E-state index is 6.00. The van der Waals surface area contributed by atoms with Gasteiger partial charge in [-0.25, -0.2) is 4.98 Å². The highest BCUT2D eigenvalue weighted by atomic mass is 35.5. The molecule has 118 valence electrons. The van der Waals surface area contributed by atoms with Gasteiger partial charge in [-0.2, -0.15) is 0 Å². The third-order valence-electron chi connectivity index (χ3n) is 3.97. The molecule has 0 bridgehead atoms. The van der Waals surface area contributed by atoms with Crippen LogP contribution < -0.4 is 0 Å². The van der Waals surface area contributed by atoms with E-state index in [0.717, 1.165) is 33.3 Å². The molecular formula is C23H14ClN. The van der Waals surface area contributed by atoms with Crippen molar-refractivity contribution in [1.82, 2.24) is 4.98 Å². The Balaban J connectivity index is 1.87. The van der Waals surface area contributed by atoms with Gasteiger partial charge in [-0.1, -0.05) is 72.0 Å². The molecule has 0 aliphatic rings. The molecule has 0 amide bonds. The second-order valence-electron chi connectivity index (χ2n) is 5.70. The molecule has 0 aliphatic heterocycles. The van der Waals surface area contributed by atoms with Gasteiger partial charge in [0.25, 0.3) is 0 Å². The highest BCUT2D eigenvalue weighted by molar-refractivity contribution is 6.30. The molecule has 0 fully saturated rings. The second-order valence-corrected chi connectivity index (χ2v) is 6.13. The van der Waals surface area contributed by atoms with Gasteiger partial charge in [0.15, 0.2) is 0 Å². The summed E-state index contributed by atoms with van der Waals surface area (Å²) in [7, 11) is 0. The van der Waals surface area contributed by atoms with Crippen LogP contribution >= 0.6 is 11.6 Å². The van der Waals surface area contributed by atoms with Crippen molar-refractivity contribution < 1.29 is 0 Å². The molecule has 4 aromatic rings. The molecule has 1 aromatic heterocycles. The van der Waals surface area contributed by atoms with Crippen molar-refractivity contribution in [1.29, 1.82) is 0 Å². The van der Waals surface area contributed by atoms with Crippen molar-refractivity contribution >= 4 is 22.5 Å². The van der Waals surface area contributed by atoms with Crippen molar-refractivity contribution in [2.45, 2.75) is 0 Å². The first-order valence-electron chi connectivity index (χ1n) is 8.02. The fraction of sp³-hybridized carbons (Fsp3) is 0. The molecule has 0 saturated heterocycles. The SMILES string of the molecule is Clc1ccc(-c2cc(C#Cc3ccccc3)c3ccccc3n2)cc1. The first-order valence-corrected chi connectivity index (χ1v) is 8.40. The molecule has 3 aromatic carbocycles. The Morgan fingerprint density at radius 1 is 0.720 bits per heavy atom. The lowest BCUT2D eigenvalue weighted by molar-refractivity contribution is 1.39. The van der Waals surface area contributed by atoms with Gasteiger partial charge in [0.05, 0.1) is 11.2 Å². The number of fused-ring (bicyclic) bond motifs is 1. The summed E-state index contributed by atoms with van der Waals surface area (Å²) in [4.78, 5) is 4.78. The van der Waals surface area contributed by atoms with Crippen molar-refractivity contribution in [3.05, 3.63) is 101 Å². The average Bonchev–Trinajstić information content (AvgIpc) is 2.67. The number of para-hydroxylation sites is 1. The van der Waals surface area contributed by atoms with E-state index in [1.165, 1.54) is 0 Å². The summed E-state index contributed by atoms with van der Waals surface area (Å²) in [6, 6.07) is 27.8. The van der Waals surface area contributed by atoms with Crippen molar-refractivity contribution in [2.24, 2.45) is 0 Å². The fourth-order valence-corrected chi connectivity index (χ4v) is 2.83. The number of rotatable bonds is 1. The highest BCUT2D eigenvalue weighted by Crippen LogP contribution is 2.25. The minimum absolute atomic E-state index is 0.716. The smallest absolute Gasteiger partial charge is 0.0722 e. The number of benzene rings is 3. The number of halogens is 1. The van der Waals surface area contributed by atoms with E-state index in [1.54, 1.807) is 0 Å². The third kappa shape index (κ3) is 3.40. The van der Waals surface area contributed by atoms with Crippen LogP contribution in [0.3, 0.4) is 0 Å². The number of hydrogen-bond acceptors (Lipinski definition) is 1. The quantitative estimate of drug-likeness (QED) is 0.390. The van der Waals surface area contributed by atoms with Crippen LogP contribution in [0.5, 0.6) is 0 Å². The molecule has 25 heavy (non-hydrogen) atoms. The highest BCUT2D eigenvalue weighted by Gasteiger charge is 2.06. The van der Waals surface area contributed by atoms with Gasteiger partial charge in [-0.05, 0) is 36.4 Å². The Hall–Kier alpha value is -3.08. The van der Waals surface area contributed by atoms with Gasteiger partial charge in [0.1, 0.15) is 0 Å². The molecule has 0 atom stereocenters. The monoisotopic (exact) mass is 339 g/mol. The molecule has 1 heterocycles. The van der Waals surface area contributed by atoms with Crippen LogP contribution in [0.25, 0.3) is 22.2 Å². The second kappa shape index (κ2) is 6.81. The lowest BCUT2D eigenvalue weighted by Crippen LogP contribution is -1.89. The van der Waals surface area contributed by atoms with E-state index in [4.69, 9.17) is 16.6 Å². The van der Waals surface area contributed by atoms with Crippen LogP contribution in [-0.2, 0) is 0 Å². The van der Waals surface area contributed by atoms with Gasteiger partial charge < -0.3 is 0 Å². The van der Waals surface area contributed by atoms with Crippen molar-refractivity contribution in [3.8, 4) is 23.1 Å². The Bertz CT molecular complexity index is 1090. The molecular weight excluding hydrogens is 326 g/mol. The minimum atomic E-state index is 0.716. The zero-order valence-electron chi connectivity index (χ0n) is 13.4. The topological polar surface area (TPSA) is 12.9 Å². The minimum Gasteiger partial charge on any atom is -0.248 e. The zero-order valence-corrected chi connectivity index (χ0v) is 14.2. The number of hydrogen-bond donors (Lipinski definition) is 0. The van der Waals surface area contributed by atoms with E-state index < -0.39 is 0 Å². The predicted molar refractivity (Wildman–Crippen MR) is 105 cm³/mol. The van der Waals surface area contributed by atoms with Crippen LogP contribution in [0.15, 0.2) is 84.9 Å². The molecule has 0 radical (unpaired) electrons. The molecule has 0 unspecified atom stereocenters. The molecule has 0 N–H and O–H groups in total. The Labute approximate surface area is 151 Å². The average molecular weight is 340 g/mol. The number of nitrogens with zero attached hydrogens (tertiary/aromatic N) is 1. The normalized spacial score (nSPS) is 10.3. The maximum Gasteiger partial charge on any atom is 0.0722 e. The maximum absolute atomic E-state index is 6.00. The first kappa shape index (κ1) is 15.4. The van der Waals surface area contributed by atoms with Gasteiger partial charge in [-0.3, -0.25) is 0 Å². The Morgan fingerprint density at radius 3 is 2.24 bits per heavy atom. The van der Waals surface area contributed by atoms with E-state index >= 15 is 0 Å². The number of pyridine rings is 1. The van der Waals surface area contributed by atoms with Crippen molar-refractivity contribution in [3.63, 3.8) is 0 Å². The predicted octanol–water partition coefficient (Wildman–Crippen LogP) is 5.96. The van der Waals surface area contributed by atoms with E-state index in [1.807, 2.05) is 78.9 Å². The largest absolute Gasteiger partial charge is 0.248 e. The van der Waals surface area contributed by atoms with Crippen molar-refractivity contribution in [2.75, 3.05) is 0 Å². The van der Waals surface area contributed by atoms with E-state index in [9.17, 15) is 0 Å². The van der Waals surface area contributed by atoms with E-state index in [0.29, 0.717) is 5.02 Å². The lowest BCUT2D eigenvalue weighted by atomic mass is 10.0. The summed E-state index contributed by atoms with van der Waals surface area (Å²) < 4.78 is 0. The zero-order chi connectivity index (χ0) is 17.1. The van der Waals surface area contributed by atoms with Crippen LogP contribution in [0.2, 0.25) is 5.02 Å². The summed E-state index contributed by atoms with van der Waals surface area (Å²) in [5.41, 5.74) is 4.83. The van der Waals surface area contributed by atoms with Gasteiger partial charge >= 0.3 is 0 Å². The fourth-order valence-electron chi connectivity index (χ4n) is 2.71. The molecule has 1 nitrogen and oxygen atoms in total. The van der Waals surface area contributed by atoms with Crippen LogP contribution in [-0.4, -0.2) is 4.98 Å². The summed E-state index contributed by atoms with van der Waals surface area (Å²) >= 11 is 6.00. The first-order chi connectivity index (χ1) is 12.3. The Kier molecular flexibility index (Phi) is 4.21. The van der Waals surface area contributed by atoms with Gasteiger partial charge in [-0.15, -0.1) is 0 Å². The van der Waals surface area contributed by atoms with E-state index in [2.05, 4.69) is 17.9 Å². The summed E-state index contributed by atoms with van der Waals surface area (Å²) in [6.07, 6.45) is 0. The third-order valence-corrected chi connectivity index (χ3v) is 4.22. The lowest BCUT2D eigenvalue weighted by Gasteiger charge is -2.06. The molecule has 0 saturated carbocycles. The van der Waals surface area contributed by atoms with E-state index in [-0.39, 0.29) is 0 Å². The van der Waals surface area contributed by atoms with Crippen LogP contribution in [0.4, 0.5) is 0 Å². The van der Waals surface area contributed by atoms with Gasteiger partial charge in [0, 0.05) is 27.1 Å².